The highest BCUT2D eigenvalue weighted by molar-refractivity contribution is 5.23. The fraction of sp³-hybridized carbons (Fsp3) is 0.625. The summed E-state index contributed by atoms with van der Waals surface area (Å²) >= 11 is 0. The Morgan fingerprint density at radius 3 is 2.56 bits per heavy atom. The maximum Gasteiger partial charge on any atom is 0.123 e. The molecule has 2 heteroatoms. The van der Waals surface area contributed by atoms with Crippen LogP contribution in [0.15, 0.2) is 24.3 Å². The topological polar surface area (TPSA) is 26.0 Å². The van der Waals surface area contributed by atoms with Crippen molar-refractivity contribution in [2.75, 3.05) is 0 Å². The SMILES string of the molecule is CC(C)(C)C1CCC(N)C(c2cccc(F)c2)C1. The number of benzene rings is 1. The van der Waals surface area contributed by atoms with Gasteiger partial charge >= 0.3 is 0 Å². The van der Waals surface area contributed by atoms with E-state index in [2.05, 4.69) is 20.8 Å². The quantitative estimate of drug-likeness (QED) is 0.797. The molecule has 3 atom stereocenters. The minimum absolute atomic E-state index is 0.155. The maximum absolute atomic E-state index is 13.3. The molecule has 1 saturated carbocycles. The molecule has 1 aromatic carbocycles. The van der Waals surface area contributed by atoms with Gasteiger partial charge < -0.3 is 5.73 Å². The number of halogens is 1. The molecule has 0 radical (unpaired) electrons. The molecule has 3 unspecified atom stereocenters. The van der Waals surface area contributed by atoms with Gasteiger partial charge in [-0.15, -0.1) is 0 Å². The van der Waals surface area contributed by atoms with E-state index in [0.717, 1.165) is 18.4 Å². The Balaban J connectivity index is 2.20. The van der Waals surface area contributed by atoms with Gasteiger partial charge in [0.05, 0.1) is 0 Å². The molecular formula is C16H24FN. The molecule has 2 N–H and O–H groups in total. The number of nitrogens with two attached hydrogens (primary N) is 1. The van der Waals surface area contributed by atoms with Crippen LogP contribution in [0.2, 0.25) is 0 Å². The zero-order valence-electron chi connectivity index (χ0n) is 11.6. The van der Waals surface area contributed by atoms with Crippen molar-refractivity contribution in [2.24, 2.45) is 17.1 Å². The Morgan fingerprint density at radius 2 is 1.94 bits per heavy atom. The van der Waals surface area contributed by atoms with Crippen molar-refractivity contribution in [3.8, 4) is 0 Å². The van der Waals surface area contributed by atoms with E-state index in [-0.39, 0.29) is 11.9 Å². The second kappa shape index (κ2) is 5.00. The van der Waals surface area contributed by atoms with E-state index in [4.69, 9.17) is 5.73 Å². The van der Waals surface area contributed by atoms with Gasteiger partial charge in [-0.25, -0.2) is 4.39 Å². The molecule has 18 heavy (non-hydrogen) atoms. The number of hydrogen-bond donors (Lipinski definition) is 1. The Bertz CT molecular complexity index is 408. The first-order valence-electron chi connectivity index (χ1n) is 6.89. The zero-order valence-corrected chi connectivity index (χ0v) is 11.6. The van der Waals surface area contributed by atoms with E-state index in [1.807, 2.05) is 6.07 Å². The summed E-state index contributed by atoms with van der Waals surface area (Å²) in [6, 6.07) is 7.12. The number of hydrogen-bond acceptors (Lipinski definition) is 1. The van der Waals surface area contributed by atoms with Crippen LogP contribution in [0.1, 0.15) is 51.5 Å². The molecule has 0 aliphatic heterocycles. The summed E-state index contributed by atoms with van der Waals surface area (Å²) < 4.78 is 13.3. The predicted molar refractivity (Wildman–Crippen MR) is 73.9 cm³/mol. The summed E-state index contributed by atoms with van der Waals surface area (Å²) in [6.07, 6.45) is 3.31. The largest absolute Gasteiger partial charge is 0.327 e. The van der Waals surface area contributed by atoms with E-state index in [9.17, 15) is 4.39 Å². The summed E-state index contributed by atoms with van der Waals surface area (Å²) in [4.78, 5) is 0. The lowest BCUT2D eigenvalue weighted by Crippen LogP contribution is -2.38. The molecule has 0 bridgehead atoms. The van der Waals surface area contributed by atoms with E-state index in [1.54, 1.807) is 12.1 Å². The molecule has 1 nitrogen and oxygen atoms in total. The molecule has 100 valence electrons. The maximum atomic E-state index is 13.3. The Morgan fingerprint density at radius 1 is 1.22 bits per heavy atom. The third-order valence-corrected chi connectivity index (χ3v) is 4.41. The molecule has 0 heterocycles. The van der Waals surface area contributed by atoms with Gasteiger partial charge in [0.1, 0.15) is 5.82 Å². The van der Waals surface area contributed by atoms with Crippen LogP contribution in [0.3, 0.4) is 0 Å². The highest BCUT2D eigenvalue weighted by Gasteiger charge is 2.35. The lowest BCUT2D eigenvalue weighted by atomic mass is 9.66. The average Bonchev–Trinajstić information content (AvgIpc) is 2.28. The Labute approximate surface area is 110 Å². The molecule has 1 aromatic rings. The van der Waals surface area contributed by atoms with E-state index in [1.165, 1.54) is 12.5 Å². The lowest BCUT2D eigenvalue weighted by molar-refractivity contribution is 0.154. The highest BCUT2D eigenvalue weighted by atomic mass is 19.1. The van der Waals surface area contributed by atoms with Gasteiger partial charge in [0, 0.05) is 6.04 Å². The van der Waals surface area contributed by atoms with Crippen molar-refractivity contribution in [3.05, 3.63) is 35.6 Å². The second-order valence-corrected chi connectivity index (χ2v) is 6.70. The molecule has 1 fully saturated rings. The van der Waals surface area contributed by atoms with E-state index < -0.39 is 0 Å². The summed E-state index contributed by atoms with van der Waals surface area (Å²) in [7, 11) is 0. The van der Waals surface area contributed by atoms with Gasteiger partial charge in [-0.05, 0) is 54.2 Å². The molecule has 0 amide bonds. The molecular weight excluding hydrogens is 225 g/mol. The molecule has 1 aliphatic carbocycles. The standard InChI is InChI=1S/C16H24FN/c1-16(2,3)12-7-8-15(18)14(10-12)11-5-4-6-13(17)9-11/h4-6,9,12,14-15H,7-8,10,18H2,1-3H3. The van der Waals surface area contributed by atoms with Gasteiger partial charge in [0.2, 0.25) is 0 Å². The summed E-state index contributed by atoms with van der Waals surface area (Å²) in [6.45, 7) is 6.87. The van der Waals surface area contributed by atoms with Crippen LogP contribution in [-0.2, 0) is 0 Å². The molecule has 1 aliphatic rings. The first kappa shape index (κ1) is 13.5. The van der Waals surface area contributed by atoms with Crippen molar-refractivity contribution in [2.45, 2.75) is 52.0 Å². The van der Waals surface area contributed by atoms with Gasteiger partial charge in [-0.3, -0.25) is 0 Å². The molecule has 2 rings (SSSR count). The summed E-state index contributed by atoms with van der Waals surface area (Å²) in [5, 5.41) is 0. The Kier molecular flexibility index (Phi) is 3.76. The first-order chi connectivity index (χ1) is 8.38. The van der Waals surface area contributed by atoms with Crippen LogP contribution in [0.25, 0.3) is 0 Å². The van der Waals surface area contributed by atoms with Crippen molar-refractivity contribution in [1.29, 1.82) is 0 Å². The zero-order chi connectivity index (χ0) is 13.3. The smallest absolute Gasteiger partial charge is 0.123 e. The third kappa shape index (κ3) is 2.92. The fourth-order valence-electron chi connectivity index (χ4n) is 3.10. The van der Waals surface area contributed by atoms with E-state index >= 15 is 0 Å². The van der Waals surface area contributed by atoms with Crippen LogP contribution in [-0.4, -0.2) is 6.04 Å². The normalized spacial score (nSPS) is 29.3. The Hall–Kier alpha value is -0.890. The second-order valence-electron chi connectivity index (χ2n) is 6.70. The van der Waals surface area contributed by atoms with Gasteiger partial charge in [0.15, 0.2) is 0 Å². The van der Waals surface area contributed by atoms with Crippen LogP contribution in [0.4, 0.5) is 4.39 Å². The van der Waals surface area contributed by atoms with Crippen LogP contribution < -0.4 is 5.73 Å². The van der Waals surface area contributed by atoms with Crippen molar-refractivity contribution in [3.63, 3.8) is 0 Å². The summed E-state index contributed by atoms with van der Waals surface area (Å²) in [5.74, 6) is 0.821. The third-order valence-electron chi connectivity index (χ3n) is 4.41. The van der Waals surface area contributed by atoms with Crippen molar-refractivity contribution in [1.82, 2.24) is 0 Å². The van der Waals surface area contributed by atoms with Crippen LogP contribution in [0.5, 0.6) is 0 Å². The van der Waals surface area contributed by atoms with Gasteiger partial charge in [-0.1, -0.05) is 32.9 Å². The monoisotopic (exact) mass is 249 g/mol. The van der Waals surface area contributed by atoms with Crippen LogP contribution >= 0.6 is 0 Å². The van der Waals surface area contributed by atoms with E-state index in [0.29, 0.717) is 17.3 Å². The predicted octanol–water partition coefficient (Wildman–Crippen LogP) is 4.08. The minimum Gasteiger partial charge on any atom is -0.327 e. The van der Waals surface area contributed by atoms with Crippen LogP contribution in [0, 0.1) is 17.2 Å². The van der Waals surface area contributed by atoms with Crippen molar-refractivity contribution < 1.29 is 4.39 Å². The minimum atomic E-state index is -0.155. The summed E-state index contributed by atoms with van der Waals surface area (Å²) in [5.41, 5.74) is 7.62. The fourth-order valence-corrected chi connectivity index (χ4v) is 3.10. The lowest BCUT2D eigenvalue weighted by Gasteiger charge is -2.41. The number of rotatable bonds is 1. The molecule has 0 saturated heterocycles. The molecule has 0 aromatic heterocycles. The highest BCUT2D eigenvalue weighted by Crippen LogP contribution is 2.43. The first-order valence-corrected chi connectivity index (χ1v) is 6.89. The van der Waals surface area contributed by atoms with Gasteiger partial charge in [0.25, 0.3) is 0 Å². The van der Waals surface area contributed by atoms with Gasteiger partial charge in [-0.2, -0.15) is 0 Å². The average molecular weight is 249 g/mol. The molecule has 0 spiro atoms. The van der Waals surface area contributed by atoms with Crippen molar-refractivity contribution >= 4 is 0 Å².